The van der Waals surface area contributed by atoms with Crippen LogP contribution < -0.4 is 0 Å². The Hall–Kier alpha value is -2.16. The van der Waals surface area contributed by atoms with E-state index in [1.54, 1.807) is 16.8 Å². The lowest BCUT2D eigenvalue weighted by Crippen LogP contribution is -2.41. The van der Waals surface area contributed by atoms with E-state index in [0.29, 0.717) is 17.5 Å². The molecular weight excluding hydrogens is 444 g/mol. The van der Waals surface area contributed by atoms with Gasteiger partial charge in [0, 0.05) is 31.3 Å². The topological polar surface area (TPSA) is 71.2 Å². The summed E-state index contributed by atoms with van der Waals surface area (Å²) in [6.07, 6.45) is 2.56. The van der Waals surface area contributed by atoms with Gasteiger partial charge in [0.15, 0.2) is 8.32 Å². The van der Waals surface area contributed by atoms with E-state index in [9.17, 15) is 4.79 Å². The molecule has 0 unspecified atom stereocenters. The Morgan fingerprint density at radius 2 is 1.97 bits per heavy atom. The monoisotopic (exact) mass is 476 g/mol. The summed E-state index contributed by atoms with van der Waals surface area (Å²) in [4.78, 5) is 16.3. The Labute approximate surface area is 195 Å². The normalized spacial score (nSPS) is 13.5. The van der Waals surface area contributed by atoms with Crippen LogP contribution >= 0.6 is 11.6 Å². The summed E-state index contributed by atoms with van der Waals surface area (Å²) in [6.45, 7) is 14.1. The highest BCUT2D eigenvalue weighted by Gasteiger charge is 2.37. The fraction of sp³-hybridized carbons (Fsp3) is 0.522. The van der Waals surface area contributed by atoms with Crippen molar-refractivity contribution in [3.05, 3.63) is 35.2 Å². The molecule has 3 rings (SSSR count). The number of esters is 1. The molecule has 3 aromatic rings. The smallest absolute Gasteiger partial charge is 0.354 e. The van der Waals surface area contributed by atoms with E-state index in [2.05, 4.69) is 45.8 Å². The lowest BCUT2D eigenvalue weighted by Gasteiger charge is -2.36. The number of ether oxygens (including phenoxy) is 1. The molecule has 0 saturated heterocycles. The predicted octanol–water partition coefficient (Wildman–Crippen LogP) is 5.85. The molecule has 0 fully saturated rings. The van der Waals surface area contributed by atoms with Gasteiger partial charge in [-0.1, -0.05) is 32.4 Å². The molecule has 0 aliphatic heterocycles. The van der Waals surface area contributed by atoms with E-state index in [-0.39, 0.29) is 17.0 Å². The van der Waals surface area contributed by atoms with Crippen LogP contribution in [-0.4, -0.2) is 47.3 Å². The van der Waals surface area contributed by atoms with E-state index in [1.807, 2.05) is 23.9 Å². The lowest BCUT2D eigenvalue weighted by molar-refractivity contribution is 0.0590. The third-order valence-electron chi connectivity index (χ3n) is 6.54. The summed E-state index contributed by atoms with van der Waals surface area (Å²) in [7, 11) is 1.39. The van der Waals surface area contributed by atoms with Crippen molar-refractivity contribution in [1.82, 2.24) is 19.3 Å². The molecule has 174 valence electrons. The standard InChI is InChI=1S/C23H33ClN4O3Si/c1-15(11-12-31-32(7,8)23(2,3)4)28-19-13-20(24)25-14-16(19)21(26-28)17-9-10-18(27(17)5)22(29)30-6/h9-10,13-15H,11-12H2,1-8H3/t15-/m0/s1. The molecule has 3 aromatic heterocycles. The van der Waals surface area contributed by atoms with Gasteiger partial charge < -0.3 is 13.7 Å². The number of rotatable bonds is 7. The van der Waals surface area contributed by atoms with Crippen molar-refractivity contribution < 1.29 is 14.0 Å². The number of fused-ring (bicyclic) bond motifs is 1. The van der Waals surface area contributed by atoms with E-state index >= 15 is 0 Å². The third-order valence-corrected chi connectivity index (χ3v) is 11.3. The number of carbonyl (C=O) groups is 1. The van der Waals surface area contributed by atoms with Crippen LogP contribution in [0.15, 0.2) is 24.4 Å². The molecule has 7 nitrogen and oxygen atoms in total. The first-order valence-corrected chi connectivity index (χ1v) is 14.1. The quantitative estimate of drug-likeness (QED) is 0.243. The summed E-state index contributed by atoms with van der Waals surface area (Å²) in [5.41, 5.74) is 2.92. The van der Waals surface area contributed by atoms with Crippen LogP contribution in [0.4, 0.5) is 0 Å². The first-order valence-electron chi connectivity index (χ1n) is 10.8. The average Bonchev–Trinajstić information content (AvgIpc) is 3.26. The molecule has 0 amide bonds. The van der Waals surface area contributed by atoms with Crippen molar-refractivity contribution in [2.45, 2.75) is 58.3 Å². The Morgan fingerprint density at radius 3 is 2.59 bits per heavy atom. The molecule has 1 atom stereocenters. The molecule has 0 saturated carbocycles. The van der Waals surface area contributed by atoms with Crippen molar-refractivity contribution >= 4 is 36.8 Å². The van der Waals surface area contributed by atoms with Crippen molar-refractivity contribution in [3.63, 3.8) is 0 Å². The molecule has 0 aliphatic carbocycles. The van der Waals surface area contributed by atoms with Gasteiger partial charge in [-0.15, -0.1) is 0 Å². The first-order chi connectivity index (χ1) is 14.9. The van der Waals surface area contributed by atoms with Crippen molar-refractivity contribution in [2.75, 3.05) is 13.7 Å². The minimum Gasteiger partial charge on any atom is -0.464 e. The molecule has 32 heavy (non-hydrogen) atoms. The second kappa shape index (κ2) is 9.00. The molecular formula is C23H33ClN4O3Si. The van der Waals surface area contributed by atoms with E-state index in [0.717, 1.165) is 28.7 Å². The number of carbonyl (C=O) groups excluding carboxylic acids is 1. The molecule has 0 N–H and O–H groups in total. The van der Waals surface area contributed by atoms with Gasteiger partial charge in [0.1, 0.15) is 16.5 Å². The molecule has 0 aliphatic rings. The summed E-state index contributed by atoms with van der Waals surface area (Å²) in [6, 6.07) is 5.54. The zero-order valence-corrected chi connectivity index (χ0v) is 21.9. The van der Waals surface area contributed by atoms with Crippen LogP contribution in [0.5, 0.6) is 0 Å². The second-order valence-corrected chi connectivity index (χ2v) is 14.9. The largest absolute Gasteiger partial charge is 0.464 e. The highest BCUT2D eigenvalue weighted by atomic mass is 35.5. The summed E-state index contributed by atoms with van der Waals surface area (Å²) >= 11 is 6.22. The maximum absolute atomic E-state index is 12.1. The third kappa shape index (κ3) is 4.63. The number of pyridine rings is 1. The Kier molecular flexibility index (Phi) is 6.88. The molecule has 0 radical (unpaired) electrons. The number of hydrogen-bond donors (Lipinski definition) is 0. The zero-order valence-electron chi connectivity index (χ0n) is 20.2. The van der Waals surface area contributed by atoms with Crippen LogP contribution in [0.25, 0.3) is 22.3 Å². The van der Waals surface area contributed by atoms with Crippen LogP contribution in [0.1, 0.15) is 50.6 Å². The van der Waals surface area contributed by atoms with Gasteiger partial charge in [-0.3, -0.25) is 4.68 Å². The van der Waals surface area contributed by atoms with Gasteiger partial charge in [-0.05, 0) is 43.6 Å². The zero-order chi connectivity index (χ0) is 23.8. The molecule has 0 spiro atoms. The SMILES string of the molecule is COC(=O)c1ccc(-c2nn([C@@H](C)CCO[Si](C)(C)C(C)(C)C)c3cc(Cl)ncc23)n1C. The van der Waals surface area contributed by atoms with Gasteiger partial charge in [0.25, 0.3) is 0 Å². The Bertz CT molecular complexity index is 1130. The molecule has 0 aromatic carbocycles. The predicted molar refractivity (Wildman–Crippen MR) is 131 cm³/mol. The summed E-state index contributed by atoms with van der Waals surface area (Å²) < 4.78 is 15.0. The maximum atomic E-state index is 12.1. The van der Waals surface area contributed by atoms with Gasteiger partial charge in [0.2, 0.25) is 0 Å². The minimum atomic E-state index is -1.81. The Morgan fingerprint density at radius 1 is 1.28 bits per heavy atom. The lowest BCUT2D eigenvalue weighted by atomic mass is 10.2. The van der Waals surface area contributed by atoms with Crippen molar-refractivity contribution in [2.24, 2.45) is 7.05 Å². The van der Waals surface area contributed by atoms with Crippen molar-refractivity contribution in [1.29, 1.82) is 0 Å². The fourth-order valence-electron chi connectivity index (χ4n) is 3.41. The maximum Gasteiger partial charge on any atom is 0.354 e. The number of hydrogen-bond acceptors (Lipinski definition) is 5. The average molecular weight is 477 g/mol. The van der Waals surface area contributed by atoms with E-state index in [1.165, 1.54) is 7.11 Å². The molecule has 0 bridgehead atoms. The van der Waals surface area contributed by atoms with Crippen LogP contribution in [0, 0.1) is 0 Å². The fourth-order valence-corrected chi connectivity index (χ4v) is 4.63. The highest BCUT2D eigenvalue weighted by Crippen LogP contribution is 2.37. The molecule has 9 heteroatoms. The van der Waals surface area contributed by atoms with E-state index < -0.39 is 8.32 Å². The molecule has 3 heterocycles. The van der Waals surface area contributed by atoms with Crippen LogP contribution in [0.2, 0.25) is 23.3 Å². The summed E-state index contributed by atoms with van der Waals surface area (Å²) in [5.74, 6) is -0.389. The van der Waals surface area contributed by atoms with E-state index in [4.69, 9.17) is 25.9 Å². The summed E-state index contributed by atoms with van der Waals surface area (Å²) in [5, 5.41) is 6.39. The van der Waals surface area contributed by atoms with Crippen LogP contribution in [0.3, 0.4) is 0 Å². The first kappa shape index (κ1) is 24.5. The van der Waals surface area contributed by atoms with Gasteiger partial charge in [0.05, 0.1) is 24.4 Å². The minimum absolute atomic E-state index is 0.0924. The van der Waals surface area contributed by atoms with Gasteiger partial charge >= 0.3 is 5.97 Å². The van der Waals surface area contributed by atoms with Gasteiger partial charge in [-0.25, -0.2) is 9.78 Å². The second-order valence-electron chi connectivity index (χ2n) is 9.72. The number of aromatic nitrogens is 4. The van der Waals surface area contributed by atoms with Gasteiger partial charge in [-0.2, -0.15) is 5.10 Å². The van der Waals surface area contributed by atoms with Crippen molar-refractivity contribution in [3.8, 4) is 11.4 Å². The van der Waals surface area contributed by atoms with Crippen LogP contribution in [-0.2, 0) is 16.2 Å². The Balaban J connectivity index is 1.95. The number of nitrogens with zero attached hydrogens (tertiary/aromatic N) is 4. The number of methoxy groups -OCH3 is 1. The highest BCUT2D eigenvalue weighted by molar-refractivity contribution is 6.74. The number of halogens is 1.